The van der Waals surface area contributed by atoms with Crippen LogP contribution in [0.5, 0.6) is 5.75 Å². The average Bonchev–Trinajstić information content (AvgIpc) is 3.70. The number of amides is 1. The third-order valence-electron chi connectivity index (χ3n) is 8.64. The molecule has 0 radical (unpaired) electrons. The third-order valence-corrected chi connectivity index (χ3v) is 8.64. The number of nitrogens with zero attached hydrogens (tertiary/aromatic N) is 3. The number of hydrogen-bond acceptors (Lipinski definition) is 4. The first kappa shape index (κ1) is 23.5. The number of aryl methyl sites for hydroxylation is 1. The molecule has 1 aromatic heterocycles. The van der Waals surface area contributed by atoms with E-state index >= 15 is 0 Å². The van der Waals surface area contributed by atoms with Crippen LogP contribution in [0.1, 0.15) is 48.5 Å². The number of aromatic nitrogens is 1. The van der Waals surface area contributed by atoms with Crippen molar-refractivity contribution in [3.63, 3.8) is 0 Å². The summed E-state index contributed by atoms with van der Waals surface area (Å²) in [7, 11) is 3.72. The summed E-state index contributed by atoms with van der Waals surface area (Å²) in [5, 5.41) is 11.7. The number of benzene rings is 2. The summed E-state index contributed by atoms with van der Waals surface area (Å²) in [4.78, 5) is 17.8. The van der Waals surface area contributed by atoms with Crippen LogP contribution in [0, 0.1) is 11.7 Å². The zero-order valence-electron chi connectivity index (χ0n) is 21.0. The van der Waals surface area contributed by atoms with E-state index in [1.807, 2.05) is 24.1 Å². The highest BCUT2D eigenvalue weighted by Crippen LogP contribution is 2.51. The fraction of sp³-hybridized carbons (Fsp3) is 0.483. The van der Waals surface area contributed by atoms with Gasteiger partial charge >= 0.3 is 0 Å². The van der Waals surface area contributed by atoms with Crippen molar-refractivity contribution < 1.29 is 19.0 Å². The molecule has 3 aromatic rings. The normalized spacial score (nSPS) is 21.7. The standard InChI is InChI=1S/C29H34FN3O3/c1-31-24-15-22(36-2)8-9-23(24)26-27(31)25(17-34)33(28(35)20-6-7-20)18-29(26)10-12-32(13-11-29)16-19-4-3-5-21(30)14-19/h3-5,8-9,14-15,20,25,34H,6-7,10-13,16-18H2,1-2H3/t25-/m0/s1. The number of halogens is 1. The second-order valence-corrected chi connectivity index (χ2v) is 10.8. The van der Waals surface area contributed by atoms with Crippen LogP contribution in [0.25, 0.3) is 10.9 Å². The van der Waals surface area contributed by atoms with Crippen LogP contribution in [0.15, 0.2) is 42.5 Å². The van der Waals surface area contributed by atoms with Gasteiger partial charge in [-0.3, -0.25) is 9.69 Å². The van der Waals surface area contributed by atoms with Crippen LogP contribution in [0.2, 0.25) is 0 Å². The number of fused-ring (bicyclic) bond motifs is 4. The van der Waals surface area contributed by atoms with Crippen LogP contribution in [0.4, 0.5) is 4.39 Å². The number of carbonyl (C=O) groups is 1. The molecule has 1 spiro atoms. The Labute approximate surface area is 211 Å². The van der Waals surface area contributed by atoms with Gasteiger partial charge in [0.1, 0.15) is 11.6 Å². The van der Waals surface area contributed by atoms with E-state index in [0.29, 0.717) is 6.54 Å². The Kier molecular flexibility index (Phi) is 5.80. The summed E-state index contributed by atoms with van der Waals surface area (Å²) in [5.41, 5.74) is 4.21. The number of hydrogen-bond donors (Lipinski definition) is 1. The molecule has 1 saturated heterocycles. The van der Waals surface area contributed by atoms with Crippen LogP contribution in [0.3, 0.4) is 0 Å². The molecule has 0 unspecified atom stereocenters. The molecule has 3 heterocycles. The molecule has 2 aromatic carbocycles. The summed E-state index contributed by atoms with van der Waals surface area (Å²) in [6.45, 7) is 3.01. The van der Waals surface area contributed by atoms with E-state index in [0.717, 1.165) is 67.8 Å². The van der Waals surface area contributed by atoms with Gasteiger partial charge in [0.05, 0.1) is 25.3 Å². The molecule has 3 aliphatic rings. The second kappa shape index (κ2) is 8.89. The minimum atomic E-state index is -0.340. The Morgan fingerprint density at radius 2 is 1.94 bits per heavy atom. The maximum atomic E-state index is 13.7. The van der Waals surface area contributed by atoms with E-state index in [1.54, 1.807) is 19.2 Å². The lowest BCUT2D eigenvalue weighted by Gasteiger charge is -2.50. The fourth-order valence-electron chi connectivity index (χ4n) is 6.60. The summed E-state index contributed by atoms with van der Waals surface area (Å²) in [5.74, 6) is 0.879. The molecule has 6 rings (SSSR count). The molecule has 36 heavy (non-hydrogen) atoms. The highest BCUT2D eigenvalue weighted by atomic mass is 19.1. The van der Waals surface area contributed by atoms with E-state index in [2.05, 4.69) is 21.6 Å². The minimum absolute atomic E-state index is 0.0888. The zero-order chi connectivity index (χ0) is 25.0. The number of methoxy groups -OCH3 is 1. The minimum Gasteiger partial charge on any atom is -0.497 e. The van der Waals surface area contributed by atoms with Gasteiger partial charge in [0, 0.05) is 48.6 Å². The Bertz CT molecular complexity index is 1310. The molecular formula is C29H34FN3O3. The number of aliphatic hydroxyl groups excluding tert-OH is 1. The monoisotopic (exact) mass is 491 g/mol. The van der Waals surface area contributed by atoms with Crippen molar-refractivity contribution in [1.29, 1.82) is 0 Å². The van der Waals surface area contributed by atoms with Gasteiger partial charge in [-0.25, -0.2) is 4.39 Å². The van der Waals surface area contributed by atoms with Crippen molar-refractivity contribution in [3.8, 4) is 5.75 Å². The van der Waals surface area contributed by atoms with Gasteiger partial charge in [-0.1, -0.05) is 12.1 Å². The fourth-order valence-corrected chi connectivity index (χ4v) is 6.60. The molecule has 1 atom stereocenters. The number of aliphatic hydroxyl groups is 1. The Hall–Kier alpha value is -2.90. The number of rotatable bonds is 5. The third kappa shape index (κ3) is 3.80. The Balaban J connectivity index is 1.40. The van der Waals surface area contributed by atoms with Gasteiger partial charge in [-0.05, 0) is 74.2 Å². The van der Waals surface area contributed by atoms with Gasteiger partial charge in [-0.15, -0.1) is 0 Å². The van der Waals surface area contributed by atoms with Crippen LogP contribution < -0.4 is 4.74 Å². The van der Waals surface area contributed by atoms with Crippen molar-refractivity contribution >= 4 is 16.8 Å². The number of likely N-dealkylation sites (tertiary alicyclic amines) is 1. The molecule has 1 amide bonds. The van der Waals surface area contributed by atoms with Crippen LogP contribution >= 0.6 is 0 Å². The lowest BCUT2D eigenvalue weighted by molar-refractivity contribution is -0.138. The van der Waals surface area contributed by atoms with E-state index in [1.165, 1.54) is 17.0 Å². The van der Waals surface area contributed by atoms with Crippen molar-refractivity contribution in [2.45, 2.75) is 43.7 Å². The second-order valence-electron chi connectivity index (χ2n) is 10.8. The molecule has 0 bridgehead atoms. The van der Waals surface area contributed by atoms with Crippen molar-refractivity contribution in [2.24, 2.45) is 13.0 Å². The first-order chi connectivity index (χ1) is 17.4. The first-order valence-corrected chi connectivity index (χ1v) is 13.0. The largest absolute Gasteiger partial charge is 0.497 e. The predicted molar refractivity (Wildman–Crippen MR) is 136 cm³/mol. The molecule has 1 N–H and O–H groups in total. The topological polar surface area (TPSA) is 57.9 Å². The SMILES string of the molecule is COc1ccc2c3c(n(C)c2c1)[C@H](CO)N(C(=O)C1CC1)CC31CCN(Cc2cccc(F)c2)CC1. The molecule has 190 valence electrons. The number of carbonyl (C=O) groups excluding carboxylic acids is 1. The quantitative estimate of drug-likeness (QED) is 0.583. The van der Waals surface area contributed by atoms with E-state index < -0.39 is 0 Å². The van der Waals surface area contributed by atoms with Crippen molar-refractivity contribution in [2.75, 3.05) is 33.4 Å². The molecule has 1 saturated carbocycles. The van der Waals surface area contributed by atoms with E-state index in [9.17, 15) is 14.3 Å². The smallest absolute Gasteiger partial charge is 0.226 e. The first-order valence-electron chi connectivity index (χ1n) is 13.0. The number of piperidine rings is 1. The highest BCUT2D eigenvalue weighted by Gasteiger charge is 2.51. The number of ether oxygens (including phenoxy) is 1. The predicted octanol–water partition coefficient (Wildman–Crippen LogP) is 4.15. The van der Waals surface area contributed by atoms with Gasteiger partial charge in [0.15, 0.2) is 0 Å². The van der Waals surface area contributed by atoms with Gasteiger partial charge in [0.25, 0.3) is 0 Å². The van der Waals surface area contributed by atoms with Gasteiger partial charge < -0.3 is 19.3 Å². The lowest BCUT2D eigenvalue weighted by atomic mass is 9.68. The Morgan fingerprint density at radius 3 is 2.61 bits per heavy atom. The molecule has 7 heteroatoms. The summed E-state index contributed by atoms with van der Waals surface area (Å²) < 4.78 is 21.4. The maximum Gasteiger partial charge on any atom is 0.226 e. The maximum absolute atomic E-state index is 13.7. The molecule has 2 fully saturated rings. The summed E-state index contributed by atoms with van der Waals surface area (Å²) in [6.07, 6.45) is 3.71. The lowest BCUT2D eigenvalue weighted by Crippen LogP contribution is -2.55. The van der Waals surface area contributed by atoms with Crippen LogP contribution in [-0.2, 0) is 23.8 Å². The molecular weight excluding hydrogens is 457 g/mol. The van der Waals surface area contributed by atoms with Gasteiger partial charge in [0.2, 0.25) is 5.91 Å². The van der Waals surface area contributed by atoms with Gasteiger partial charge in [-0.2, -0.15) is 0 Å². The summed E-state index contributed by atoms with van der Waals surface area (Å²) >= 11 is 0. The summed E-state index contributed by atoms with van der Waals surface area (Å²) in [6, 6.07) is 12.7. The van der Waals surface area contributed by atoms with Crippen molar-refractivity contribution in [1.82, 2.24) is 14.4 Å². The van der Waals surface area contributed by atoms with E-state index in [-0.39, 0.29) is 35.7 Å². The molecule has 1 aliphatic carbocycles. The molecule has 2 aliphatic heterocycles. The zero-order valence-corrected chi connectivity index (χ0v) is 21.0. The highest BCUT2D eigenvalue weighted by molar-refractivity contribution is 5.90. The van der Waals surface area contributed by atoms with Crippen molar-refractivity contribution in [3.05, 3.63) is 65.1 Å². The van der Waals surface area contributed by atoms with E-state index in [4.69, 9.17) is 4.74 Å². The average molecular weight is 492 g/mol. The molecule has 6 nitrogen and oxygen atoms in total. The Morgan fingerprint density at radius 1 is 1.17 bits per heavy atom. The van der Waals surface area contributed by atoms with Crippen LogP contribution in [-0.4, -0.2) is 58.7 Å².